The predicted octanol–water partition coefficient (Wildman–Crippen LogP) is 2.36. The lowest BCUT2D eigenvalue weighted by Crippen LogP contribution is -2.07. The Hall–Kier alpha value is -1.05. The number of hydrogen-bond acceptors (Lipinski definition) is 2. The van der Waals surface area contributed by atoms with E-state index >= 15 is 0 Å². The van der Waals surface area contributed by atoms with Crippen LogP contribution in [-0.2, 0) is 4.79 Å². The van der Waals surface area contributed by atoms with E-state index in [0.717, 1.165) is 12.8 Å². The molecule has 2 heteroatoms. The second kappa shape index (κ2) is 2.77. The van der Waals surface area contributed by atoms with Gasteiger partial charge in [0.05, 0.1) is 12.5 Å². The van der Waals surface area contributed by atoms with Crippen molar-refractivity contribution in [1.29, 1.82) is 0 Å². The van der Waals surface area contributed by atoms with Crippen LogP contribution in [0.3, 0.4) is 0 Å². The first-order chi connectivity index (χ1) is 5.79. The monoisotopic (exact) mass is 164 g/mol. The molecule has 1 fully saturated rings. The molecular formula is C10H12O2. The van der Waals surface area contributed by atoms with Gasteiger partial charge in [0.1, 0.15) is 5.78 Å². The minimum Gasteiger partial charge on any atom is -0.472 e. The SMILES string of the molecule is CC1C(=O)CC[C@@H]1c1ccoc1. The van der Waals surface area contributed by atoms with Gasteiger partial charge in [-0.05, 0) is 24.0 Å². The summed E-state index contributed by atoms with van der Waals surface area (Å²) >= 11 is 0. The van der Waals surface area contributed by atoms with E-state index in [9.17, 15) is 4.79 Å². The molecule has 1 aromatic rings. The van der Waals surface area contributed by atoms with Crippen LogP contribution in [0.5, 0.6) is 0 Å². The van der Waals surface area contributed by atoms with Gasteiger partial charge in [0.15, 0.2) is 0 Å². The molecule has 1 unspecified atom stereocenters. The van der Waals surface area contributed by atoms with Crippen LogP contribution in [0.2, 0.25) is 0 Å². The van der Waals surface area contributed by atoms with Crippen molar-refractivity contribution < 1.29 is 9.21 Å². The van der Waals surface area contributed by atoms with E-state index in [4.69, 9.17) is 4.42 Å². The fourth-order valence-electron chi connectivity index (χ4n) is 1.94. The first kappa shape index (κ1) is 7.59. The van der Waals surface area contributed by atoms with E-state index in [1.54, 1.807) is 12.5 Å². The average Bonchev–Trinajstić information content (AvgIpc) is 2.64. The molecule has 0 bridgehead atoms. The van der Waals surface area contributed by atoms with Gasteiger partial charge in [-0.2, -0.15) is 0 Å². The summed E-state index contributed by atoms with van der Waals surface area (Å²) in [6.07, 6.45) is 5.14. The summed E-state index contributed by atoms with van der Waals surface area (Å²) in [7, 11) is 0. The van der Waals surface area contributed by atoms with Crippen LogP contribution in [0, 0.1) is 5.92 Å². The Morgan fingerprint density at radius 1 is 1.58 bits per heavy atom. The largest absolute Gasteiger partial charge is 0.472 e. The molecule has 1 heterocycles. The van der Waals surface area contributed by atoms with E-state index < -0.39 is 0 Å². The second-order valence-electron chi connectivity index (χ2n) is 3.46. The van der Waals surface area contributed by atoms with Crippen LogP contribution >= 0.6 is 0 Å². The smallest absolute Gasteiger partial charge is 0.136 e. The molecule has 2 rings (SSSR count). The van der Waals surface area contributed by atoms with Crippen molar-refractivity contribution in [3.8, 4) is 0 Å². The first-order valence-corrected chi connectivity index (χ1v) is 4.34. The molecule has 1 saturated carbocycles. The van der Waals surface area contributed by atoms with E-state index in [-0.39, 0.29) is 5.92 Å². The molecule has 64 valence electrons. The van der Waals surface area contributed by atoms with Crippen molar-refractivity contribution in [2.75, 3.05) is 0 Å². The molecule has 2 atom stereocenters. The van der Waals surface area contributed by atoms with Crippen LogP contribution in [-0.4, -0.2) is 5.78 Å². The molecule has 12 heavy (non-hydrogen) atoms. The third-order valence-electron chi connectivity index (χ3n) is 2.78. The van der Waals surface area contributed by atoms with Gasteiger partial charge in [-0.1, -0.05) is 6.92 Å². The van der Waals surface area contributed by atoms with Crippen LogP contribution in [0.25, 0.3) is 0 Å². The molecule has 0 saturated heterocycles. The molecule has 1 aromatic heterocycles. The van der Waals surface area contributed by atoms with Crippen molar-refractivity contribution in [2.24, 2.45) is 5.92 Å². The number of carbonyl (C=O) groups is 1. The summed E-state index contributed by atoms with van der Waals surface area (Å²) < 4.78 is 5.00. The Kier molecular flexibility index (Phi) is 1.75. The summed E-state index contributed by atoms with van der Waals surface area (Å²) in [5.41, 5.74) is 1.17. The Bertz CT molecular complexity index is 274. The van der Waals surface area contributed by atoms with E-state index in [1.807, 2.05) is 13.0 Å². The molecule has 1 aliphatic carbocycles. The highest BCUT2D eigenvalue weighted by atomic mass is 16.3. The van der Waals surface area contributed by atoms with Crippen molar-refractivity contribution in [3.05, 3.63) is 24.2 Å². The summed E-state index contributed by atoms with van der Waals surface area (Å²) in [5.74, 6) is 0.972. The van der Waals surface area contributed by atoms with Crippen LogP contribution in [0.4, 0.5) is 0 Å². The van der Waals surface area contributed by atoms with Gasteiger partial charge in [0.2, 0.25) is 0 Å². The van der Waals surface area contributed by atoms with Gasteiger partial charge in [-0.3, -0.25) is 4.79 Å². The Morgan fingerprint density at radius 2 is 2.42 bits per heavy atom. The van der Waals surface area contributed by atoms with Crippen molar-refractivity contribution >= 4 is 5.78 Å². The number of Topliss-reactive ketones (excluding diaryl/α,β-unsaturated/α-hetero) is 1. The lowest BCUT2D eigenvalue weighted by Gasteiger charge is -2.10. The number of hydrogen-bond donors (Lipinski definition) is 0. The standard InChI is InChI=1S/C10H12O2/c1-7-9(2-3-10(7)11)8-4-5-12-6-8/h4-7,9H,2-3H2,1H3/t7?,9-/m0/s1. The van der Waals surface area contributed by atoms with E-state index in [2.05, 4.69) is 0 Å². The molecular weight excluding hydrogens is 152 g/mol. The minimum absolute atomic E-state index is 0.183. The zero-order valence-electron chi connectivity index (χ0n) is 7.12. The maximum absolute atomic E-state index is 11.2. The molecule has 0 N–H and O–H groups in total. The molecule has 2 nitrogen and oxygen atoms in total. The zero-order chi connectivity index (χ0) is 8.55. The van der Waals surface area contributed by atoms with Gasteiger partial charge in [0.25, 0.3) is 0 Å². The summed E-state index contributed by atoms with van der Waals surface area (Å²) in [6.45, 7) is 2.01. The lowest BCUT2D eigenvalue weighted by atomic mass is 9.92. The first-order valence-electron chi connectivity index (χ1n) is 4.34. The molecule has 0 radical (unpaired) electrons. The van der Waals surface area contributed by atoms with E-state index in [1.165, 1.54) is 5.56 Å². The highest BCUT2D eigenvalue weighted by Gasteiger charge is 2.32. The Balaban J connectivity index is 2.21. The number of furan rings is 1. The van der Waals surface area contributed by atoms with Crippen LogP contribution in [0.15, 0.2) is 23.0 Å². The average molecular weight is 164 g/mol. The van der Waals surface area contributed by atoms with Crippen molar-refractivity contribution in [2.45, 2.75) is 25.7 Å². The van der Waals surface area contributed by atoms with Gasteiger partial charge >= 0.3 is 0 Å². The molecule has 0 spiro atoms. The summed E-state index contributed by atoms with van der Waals surface area (Å²) in [5, 5.41) is 0. The highest BCUT2D eigenvalue weighted by Crippen LogP contribution is 2.36. The predicted molar refractivity (Wildman–Crippen MR) is 44.9 cm³/mol. The number of rotatable bonds is 1. The summed E-state index contributed by atoms with van der Waals surface area (Å²) in [4.78, 5) is 11.2. The summed E-state index contributed by atoms with van der Waals surface area (Å²) in [6, 6.07) is 1.96. The van der Waals surface area contributed by atoms with Crippen molar-refractivity contribution in [3.63, 3.8) is 0 Å². The third kappa shape index (κ3) is 1.07. The maximum Gasteiger partial charge on any atom is 0.136 e. The number of carbonyl (C=O) groups excluding carboxylic acids is 1. The Morgan fingerprint density at radius 3 is 2.92 bits per heavy atom. The van der Waals surface area contributed by atoms with E-state index in [0.29, 0.717) is 11.7 Å². The maximum atomic E-state index is 11.2. The molecule has 0 aliphatic heterocycles. The number of ketones is 1. The molecule has 1 aliphatic rings. The highest BCUT2D eigenvalue weighted by molar-refractivity contribution is 5.84. The quantitative estimate of drug-likeness (QED) is 0.637. The van der Waals surface area contributed by atoms with Gasteiger partial charge in [0, 0.05) is 12.3 Å². The fourth-order valence-corrected chi connectivity index (χ4v) is 1.94. The van der Waals surface area contributed by atoms with Gasteiger partial charge in [-0.15, -0.1) is 0 Å². The molecule has 0 amide bonds. The van der Waals surface area contributed by atoms with Gasteiger partial charge < -0.3 is 4.42 Å². The zero-order valence-corrected chi connectivity index (χ0v) is 7.12. The lowest BCUT2D eigenvalue weighted by molar-refractivity contribution is -0.120. The minimum atomic E-state index is 0.183. The third-order valence-corrected chi connectivity index (χ3v) is 2.78. The van der Waals surface area contributed by atoms with Crippen LogP contribution < -0.4 is 0 Å². The molecule has 0 aromatic carbocycles. The normalized spacial score (nSPS) is 29.6. The van der Waals surface area contributed by atoms with Crippen molar-refractivity contribution in [1.82, 2.24) is 0 Å². The van der Waals surface area contributed by atoms with Crippen LogP contribution in [0.1, 0.15) is 31.2 Å². The Labute approximate surface area is 71.6 Å². The topological polar surface area (TPSA) is 30.2 Å². The second-order valence-corrected chi connectivity index (χ2v) is 3.46. The van der Waals surface area contributed by atoms with Gasteiger partial charge in [-0.25, -0.2) is 0 Å². The fraction of sp³-hybridized carbons (Fsp3) is 0.500.